The molecule has 1 fully saturated rings. The first-order valence-corrected chi connectivity index (χ1v) is 8.76. The summed E-state index contributed by atoms with van der Waals surface area (Å²) in [5.41, 5.74) is 6.47. The molecule has 0 bridgehead atoms. The van der Waals surface area contributed by atoms with Crippen LogP contribution < -0.4 is 5.73 Å². The molecule has 22 heavy (non-hydrogen) atoms. The van der Waals surface area contributed by atoms with Gasteiger partial charge in [0.25, 0.3) is 0 Å². The Morgan fingerprint density at radius 3 is 3.05 bits per heavy atom. The van der Waals surface area contributed by atoms with Gasteiger partial charge >= 0.3 is 5.97 Å². The van der Waals surface area contributed by atoms with Gasteiger partial charge in [0.05, 0.1) is 0 Å². The number of carboxylic acids is 1. The van der Waals surface area contributed by atoms with Crippen molar-refractivity contribution < 1.29 is 14.7 Å². The Labute approximate surface area is 134 Å². The maximum atomic E-state index is 11.8. The van der Waals surface area contributed by atoms with E-state index in [1.165, 1.54) is 28.4 Å². The van der Waals surface area contributed by atoms with Crippen LogP contribution in [0.2, 0.25) is 0 Å². The van der Waals surface area contributed by atoms with E-state index < -0.39 is 12.0 Å². The Morgan fingerprint density at radius 2 is 2.41 bits per heavy atom. The fourth-order valence-electron chi connectivity index (χ4n) is 2.34. The first-order valence-electron chi connectivity index (χ1n) is 6.72. The van der Waals surface area contributed by atoms with Crippen LogP contribution in [-0.4, -0.2) is 60.0 Å². The van der Waals surface area contributed by atoms with Gasteiger partial charge in [0.15, 0.2) is 0 Å². The number of β-lactam (4-membered cyclic amide) rings is 1. The van der Waals surface area contributed by atoms with Crippen LogP contribution in [0.5, 0.6) is 0 Å². The maximum Gasteiger partial charge on any atom is 0.352 e. The second kappa shape index (κ2) is 5.94. The van der Waals surface area contributed by atoms with Gasteiger partial charge in [-0.15, -0.1) is 16.9 Å². The summed E-state index contributed by atoms with van der Waals surface area (Å²) in [7, 11) is 0. The third-order valence-corrected chi connectivity index (χ3v) is 5.81. The molecule has 10 heteroatoms. The molecule has 0 spiro atoms. The highest BCUT2D eigenvalue weighted by molar-refractivity contribution is 8.01. The lowest BCUT2D eigenvalue weighted by atomic mass is 10.0. The predicted octanol–water partition coefficient (Wildman–Crippen LogP) is 0.0403. The van der Waals surface area contributed by atoms with Gasteiger partial charge in [-0.05, 0) is 5.57 Å². The van der Waals surface area contributed by atoms with Crippen molar-refractivity contribution in [1.29, 1.82) is 0 Å². The predicted molar refractivity (Wildman–Crippen MR) is 82.2 cm³/mol. The number of rotatable bonds is 5. The molecule has 1 saturated heterocycles. The van der Waals surface area contributed by atoms with E-state index in [2.05, 4.69) is 15.2 Å². The van der Waals surface area contributed by atoms with E-state index in [4.69, 9.17) is 5.73 Å². The molecule has 118 valence electrons. The molecule has 3 heterocycles. The van der Waals surface area contributed by atoms with Crippen molar-refractivity contribution in [2.75, 3.05) is 11.5 Å². The van der Waals surface area contributed by atoms with Crippen LogP contribution in [0.1, 0.15) is 12.7 Å². The minimum Gasteiger partial charge on any atom is -0.477 e. The number of nitrogens with zero attached hydrogens (tertiary/aromatic N) is 3. The Balaban J connectivity index is 1.78. The number of hydrogen-bond donors (Lipinski definition) is 3. The number of amides is 1. The average molecular weight is 341 g/mol. The zero-order valence-electron chi connectivity index (χ0n) is 11.8. The van der Waals surface area contributed by atoms with Crippen molar-refractivity contribution >= 4 is 35.4 Å². The molecule has 4 N–H and O–H groups in total. The zero-order valence-corrected chi connectivity index (χ0v) is 13.4. The maximum absolute atomic E-state index is 11.8. The van der Waals surface area contributed by atoms with Crippen LogP contribution in [0.3, 0.4) is 0 Å². The third kappa shape index (κ3) is 2.50. The van der Waals surface area contributed by atoms with Crippen LogP contribution in [0.4, 0.5) is 0 Å². The average Bonchev–Trinajstić information content (AvgIpc) is 2.99. The van der Waals surface area contributed by atoms with Crippen LogP contribution >= 0.6 is 23.5 Å². The lowest BCUT2D eigenvalue weighted by Gasteiger charge is -2.48. The van der Waals surface area contributed by atoms with Crippen LogP contribution in [0.15, 0.2) is 16.4 Å². The third-order valence-electron chi connectivity index (χ3n) is 3.51. The molecule has 2 aliphatic rings. The highest BCUT2D eigenvalue weighted by Gasteiger charge is 2.51. The van der Waals surface area contributed by atoms with E-state index in [-0.39, 0.29) is 17.0 Å². The van der Waals surface area contributed by atoms with E-state index in [1.54, 1.807) is 0 Å². The Hall–Kier alpha value is -1.52. The Kier molecular flexibility index (Phi) is 4.15. The summed E-state index contributed by atoms with van der Waals surface area (Å²) in [6, 6.07) is -0.603. The van der Waals surface area contributed by atoms with Crippen molar-refractivity contribution in [1.82, 2.24) is 20.1 Å². The number of aromatic nitrogens is 3. The number of carbonyl (C=O) groups is 2. The Bertz CT molecular complexity index is 659. The summed E-state index contributed by atoms with van der Waals surface area (Å²) >= 11 is 2.85. The number of hydrogen-bond acceptors (Lipinski definition) is 7. The van der Waals surface area contributed by atoms with E-state index in [0.29, 0.717) is 22.2 Å². The van der Waals surface area contributed by atoms with Crippen molar-refractivity contribution in [3.8, 4) is 0 Å². The molecule has 0 radical (unpaired) electrons. The van der Waals surface area contributed by atoms with Crippen molar-refractivity contribution in [3.63, 3.8) is 0 Å². The van der Waals surface area contributed by atoms with Crippen LogP contribution in [-0.2, 0) is 16.0 Å². The number of aliphatic carboxylic acids is 1. The van der Waals surface area contributed by atoms with Crippen molar-refractivity contribution in [3.05, 3.63) is 17.1 Å². The number of nitrogens with two attached hydrogens (primary N) is 1. The second-order valence-electron chi connectivity index (χ2n) is 4.90. The molecular formula is C12H15N5O3S2. The standard InChI is InChI=1S/C12H15N5O3S2/c1-2-6-14-12(16-15-6)22-4-5-3-21-10-7(13)9(18)17(10)8(5)11(19)20/h7,10H,2-4,13H2,1H3,(H,19,20)(H,14,15,16)/t7?,10-/m0/s1. The number of aromatic amines is 1. The van der Waals surface area contributed by atoms with Gasteiger partial charge in [-0.25, -0.2) is 9.78 Å². The molecule has 2 aliphatic heterocycles. The summed E-state index contributed by atoms with van der Waals surface area (Å²) in [5.74, 6) is 0.342. The lowest BCUT2D eigenvalue weighted by molar-refractivity contribution is -0.147. The molecule has 1 aromatic rings. The minimum absolute atomic E-state index is 0.0641. The molecular weight excluding hydrogens is 326 g/mol. The zero-order chi connectivity index (χ0) is 15.9. The highest BCUT2D eigenvalue weighted by atomic mass is 32.2. The highest BCUT2D eigenvalue weighted by Crippen LogP contribution is 2.40. The normalized spacial score (nSPS) is 24.3. The molecule has 3 rings (SSSR count). The van der Waals surface area contributed by atoms with E-state index >= 15 is 0 Å². The van der Waals surface area contributed by atoms with Gasteiger partial charge in [0, 0.05) is 17.9 Å². The first kappa shape index (κ1) is 15.4. The molecule has 1 amide bonds. The quantitative estimate of drug-likeness (QED) is 0.506. The molecule has 0 aromatic carbocycles. The fourth-order valence-corrected chi connectivity index (χ4v) is 4.59. The number of thioether (sulfide) groups is 2. The molecule has 8 nitrogen and oxygen atoms in total. The summed E-state index contributed by atoms with van der Waals surface area (Å²) in [6.07, 6.45) is 0.758. The van der Waals surface area contributed by atoms with Crippen LogP contribution in [0, 0.1) is 0 Å². The lowest BCUT2D eigenvalue weighted by Crippen LogP contribution is -2.68. The largest absolute Gasteiger partial charge is 0.477 e. The summed E-state index contributed by atoms with van der Waals surface area (Å²) in [6.45, 7) is 1.97. The summed E-state index contributed by atoms with van der Waals surface area (Å²) in [4.78, 5) is 28.9. The van der Waals surface area contributed by atoms with E-state index in [0.717, 1.165) is 12.2 Å². The van der Waals surface area contributed by atoms with Gasteiger partial charge in [-0.1, -0.05) is 18.7 Å². The SMILES string of the molecule is CCc1nc(SCC2=C(C(=O)O)N3C(=O)C(N)[C@@H]3SC2)n[nH]1. The van der Waals surface area contributed by atoms with E-state index in [1.807, 2.05) is 6.92 Å². The number of aryl methyl sites for hydroxylation is 1. The summed E-state index contributed by atoms with van der Waals surface area (Å²) < 4.78 is 0. The minimum atomic E-state index is -1.09. The smallest absolute Gasteiger partial charge is 0.352 e. The van der Waals surface area contributed by atoms with Gasteiger partial charge < -0.3 is 10.8 Å². The molecule has 1 unspecified atom stereocenters. The summed E-state index contributed by atoms with van der Waals surface area (Å²) in [5, 5.41) is 16.6. The number of nitrogens with one attached hydrogen (secondary N) is 1. The van der Waals surface area contributed by atoms with Gasteiger partial charge in [0.2, 0.25) is 11.1 Å². The molecule has 0 saturated carbocycles. The van der Waals surface area contributed by atoms with Gasteiger partial charge in [0.1, 0.15) is 22.9 Å². The monoisotopic (exact) mass is 341 g/mol. The van der Waals surface area contributed by atoms with Crippen molar-refractivity contribution in [2.45, 2.75) is 29.9 Å². The molecule has 1 aromatic heterocycles. The Morgan fingerprint density at radius 1 is 1.64 bits per heavy atom. The molecule has 0 aliphatic carbocycles. The first-order chi connectivity index (χ1) is 10.5. The number of fused-ring (bicyclic) bond motifs is 1. The fraction of sp³-hybridized carbons (Fsp3) is 0.500. The number of H-pyrrole nitrogens is 1. The van der Waals surface area contributed by atoms with E-state index in [9.17, 15) is 14.7 Å². The number of carbonyl (C=O) groups excluding carboxylic acids is 1. The van der Waals surface area contributed by atoms with Crippen LogP contribution in [0.25, 0.3) is 0 Å². The van der Waals surface area contributed by atoms with Gasteiger partial charge in [-0.3, -0.25) is 14.8 Å². The van der Waals surface area contributed by atoms with Gasteiger partial charge in [-0.2, -0.15) is 0 Å². The number of carboxylic acid groups (broad SMARTS) is 1. The molecule has 2 atom stereocenters. The van der Waals surface area contributed by atoms with Crippen molar-refractivity contribution in [2.24, 2.45) is 5.73 Å². The second-order valence-corrected chi connectivity index (χ2v) is 6.95. The topological polar surface area (TPSA) is 125 Å².